The molecule has 3 rings (SSSR count). The number of hydrogen-bond acceptors (Lipinski definition) is 8. The summed E-state index contributed by atoms with van der Waals surface area (Å²) in [4.78, 5) is 27.9. The van der Waals surface area contributed by atoms with Gasteiger partial charge >= 0.3 is 21.7 Å². The Kier molecular flexibility index (Phi) is 4.71. The molecule has 0 unspecified atom stereocenters. The number of carbonyl (C=O) groups excluding carboxylic acids is 1. The fourth-order valence-corrected chi connectivity index (χ4v) is 2.97. The SMILES string of the molecule is CC(=O)Oc1cccc(-c2nc3c(C)cc(OS(C)(=O)=O)cc3c(=O)o2)c1. The third-order valence-corrected chi connectivity index (χ3v) is 3.98. The van der Waals surface area contributed by atoms with Gasteiger partial charge in [-0.3, -0.25) is 4.79 Å². The van der Waals surface area contributed by atoms with Gasteiger partial charge in [-0.25, -0.2) is 9.78 Å². The Hall–Kier alpha value is -3.20. The molecule has 27 heavy (non-hydrogen) atoms. The van der Waals surface area contributed by atoms with Crippen molar-refractivity contribution in [2.24, 2.45) is 0 Å². The van der Waals surface area contributed by atoms with Gasteiger partial charge in [-0.1, -0.05) is 6.07 Å². The summed E-state index contributed by atoms with van der Waals surface area (Å²) in [6.07, 6.45) is 0.909. The van der Waals surface area contributed by atoms with E-state index < -0.39 is 21.7 Å². The zero-order valence-electron chi connectivity index (χ0n) is 14.7. The lowest BCUT2D eigenvalue weighted by Gasteiger charge is -2.08. The van der Waals surface area contributed by atoms with Crippen molar-refractivity contribution in [1.82, 2.24) is 4.98 Å². The van der Waals surface area contributed by atoms with Gasteiger partial charge in [-0.15, -0.1) is 0 Å². The molecule has 0 saturated carbocycles. The second-order valence-corrected chi connectivity index (χ2v) is 7.43. The Labute approximate surface area is 154 Å². The quantitative estimate of drug-likeness (QED) is 0.380. The molecule has 1 aromatic heterocycles. The summed E-state index contributed by atoms with van der Waals surface area (Å²) >= 11 is 0. The molecule has 0 amide bonds. The molecule has 0 N–H and O–H groups in total. The molecule has 0 aliphatic heterocycles. The van der Waals surface area contributed by atoms with Gasteiger partial charge in [0.05, 0.1) is 17.2 Å². The van der Waals surface area contributed by atoms with Crippen LogP contribution in [0, 0.1) is 6.92 Å². The molecule has 0 aliphatic carbocycles. The standard InChI is InChI=1S/C18H15NO7S/c1-10-7-14(26-27(3,22)23)9-15-16(10)19-17(25-18(15)21)12-5-4-6-13(8-12)24-11(2)20/h4-9H,1-3H3. The normalized spacial score (nSPS) is 11.4. The van der Waals surface area contributed by atoms with E-state index in [1.54, 1.807) is 25.1 Å². The maximum atomic E-state index is 12.4. The third-order valence-electron chi connectivity index (χ3n) is 3.49. The minimum atomic E-state index is -3.74. The summed E-state index contributed by atoms with van der Waals surface area (Å²) < 4.78 is 37.7. The van der Waals surface area contributed by atoms with Crippen molar-refractivity contribution >= 4 is 27.0 Å². The van der Waals surface area contributed by atoms with E-state index in [1.807, 2.05) is 0 Å². The van der Waals surface area contributed by atoms with Crippen LogP contribution in [0.4, 0.5) is 0 Å². The lowest BCUT2D eigenvalue weighted by atomic mass is 10.1. The van der Waals surface area contributed by atoms with Gasteiger partial charge in [-0.05, 0) is 42.8 Å². The number of benzene rings is 2. The Morgan fingerprint density at radius 2 is 1.89 bits per heavy atom. The molecule has 0 spiro atoms. The van der Waals surface area contributed by atoms with Crippen LogP contribution in [0.25, 0.3) is 22.4 Å². The van der Waals surface area contributed by atoms with Crippen LogP contribution in [0.3, 0.4) is 0 Å². The molecule has 140 valence electrons. The third kappa shape index (κ3) is 4.32. The van der Waals surface area contributed by atoms with Crippen LogP contribution >= 0.6 is 0 Å². The predicted octanol–water partition coefficient (Wildman–Crippen LogP) is 2.43. The smallest absolute Gasteiger partial charge is 0.347 e. The van der Waals surface area contributed by atoms with Crippen LogP contribution in [0.2, 0.25) is 0 Å². The summed E-state index contributed by atoms with van der Waals surface area (Å²) in [7, 11) is -3.74. The van der Waals surface area contributed by atoms with Crippen molar-refractivity contribution in [2.75, 3.05) is 6.26 Å². The Balaban J connectivity index is 2.13. The Morgan fingerprint density at radius 1 is 1.15 bits per heavy atom. The van der Waals surface area contributed by atoms with Crippen molar-refractivity contribution < 1.29 is 26.5 Å². The number of nitrogens with zero attached hydrogens (tertiary/aromatic N) is 1. The highest BCUT2D eigenvalue weighted by molar-refractivity contribution is 7.86. The molecule has 0 atom stereocenters. The highest BCUT2D eigenvalue weighted by atomic mass is 32.2. The lowest BCUT2D eigenvalue weighted by molar-refractivity contribution is -0.131. The van der Waals surface area contributed by atoms with Crippen LogP contribution in [0.15, 0.2) is 45.6 Å². The van der Waals surface area contributed by atoms with Crippen molar-refractivity contribution in [1.29, 1.82) is 0 Å². The van der Waals surface area contributed by atoms with Crippen molar-refractivity contribution in [3.05, 3.63) is 52.4 Å². The largest absolute Gasteiger partial charge is 0.427 e. The van der Waals surface area contributed by atoms with E-state index in [2.05, 4.69) is 4.98 Å². The second kappa shape index (κ2) is 6.84. The first-order chi connectivity index (χ1) is 12.6. The number of esters is 1. The molecule has 3 aromatic rings. The van der Waals surface area contributed by atoms with Crippen molar-refractivity contribution in [2.45, 2.75) is 13.8 Å². The minimum Gasteiger partial charge on any atom is -0.427 e. The van der Waals surface area contributed by atoms with E-state index in [1.165, 1.54) is 25.1 Å². The molecule has 0 bridgehead atoms. The van der Waals surface area contributed by atoms with Crippen LogP contribution in [0.1, 0.15) is 12.5 Å². The number of aromatic nitrogens is 1. The molecule has 2 aromatic carbocycles. The predicted molar refractivity (Wildman–Crippen MR) is 97.2 cm³/mol. The molecular formula is C18H15NO7S. The number of carbonyl (C=O) groups is 1. The summed E-state index contributed by atoms with van der Waals surface area (Å²) in [5.74, 6) is -0.143. The van der Waals surface area contributed by atoms with E-state index in [9.17, 15) is 18.0 Å². The fourth-order valence-electron chi connectivity index (χ4n) is 2.52. The fraction of sp³-hybridized carbons (Fsp3) is 0.167. The number of rotatable bonds is 4. The molecule has 0 aliphatic rings. The molecule has 0 fully saturated rings. The number of aryl methyl sites for hydroxylation is 1. The number of fused-ring (bicyclic) bond motifs is 1. The zero-order chi connectivity index (χ0) is 19.8. The molecule has 0 radical (unpaired) electrons. The Bertz CT molecular complexity index is 1210. The summed E-state index contributed by atoms with van der Waals surface area (Å²) in [5.41, 5.74) is 0.634. The molecule has 8 nitrogen and oxygen atoms in total. The second-order valence-electron chi connectivity index (χ2n) is 5.85. The average Bonchev–Trinajstić information content (AvgIpc) is 2.54. The maximum absolute atomic E-state index is 12.4. The maximum Gasteiger partial charge on any atom is 0.347 e. The molecular weight excluding hydrogens is 374 g/mol. The number of ether oxygens (including phenoxy) is 1. The Morgan fingerprint density at radius 3 is 2.56 bits per heavy atom. The van der Waals surface area contributed by atoms with E-state index in [4.69, 9.17) is 13.3 Å². The van der Waals surface area contributed by atoms with Gasteiger partial charge in [-0.2, -0.15) is 8.42 Å². The van der Waals surface area contributed by atoms with Gasteiger partial charge in [0.2, 0.25) is 5.89 Å². The first-order valence-electron chi connectivity index (χ1n) is 7.76. The minimum absolute atomic E-state index is 0.00112. The van der Waals surface area contributed by atoms with Crippen LogP contribution in [0.5, 0.6) is 11.5 Å². The van der Waals surface area contributed by atoms with E-state index in [-0.39, 0.29) is 22.8 Å². The molecule has 0 saturated heterocycles. The van der Waals surface area contributed by atoms with E-state index in [0.717, 1.165) is 6.26 Å². The van der Waals surface area contributed by atoms with Gasteiger partial charge in [0.1, 0.15) is 11.5 Å². The molecule has 1 heterocycles. The van der Waals surface area contributed by atoms with E-state index in [0.29, 0.717) is 16.6 Å². The van der Waals surface area contributed by atoms with Gasteiger partial charge in [0.25, 0.3) is 0 Å². The van der Waals surface area contributed by atoms with E-state index >= 15 is 0 Å². The van der Waals surface area contributed by atoms with Gasteiger partial charge in [0, 0.05) is 12.5 Å². The van der Waals surface area contributed by atoms with Crippen molar-refractivity contribution in [3.8, 4) is 23.0 Å². The highest BCUT2D eigenvalue weighted by Gasteiger charge is 2.15. The molecule has 9 heteroatoms. The monoisotopic (exact) mass is 389 g/mol. The number of hydrogen-bond donors (Lipinski definition) is 0. The first kappa shape index (κ1) is 18.6. The van der Waals surface area contributed by atoms with Gasteiger partial charge < -0.3 is 13.3 Å². The summed E-state index contributed by atoms with van der Waals surface area (Å²) in [6, 6.07) is 9.13. The summed E-state index contributed by atoms with van der Waals surface area (Å²) in [5, 5.41) is 0.0912. The average molecular weight is 389 g/mol. The first-order valence-corrected chi connectivity index (χ1v) is 9.58. The van der Waals surface area contributed by atoms with Crippen molar-refractivity contribution in [3.63, 3.8) is 0 Å². The zero-order valence-corrected chi connectivity index (χ0v) is 15.5. The van der Waals surface area contributed by atoms with Crippen LogP contribution in [-0.4, -0.2) is 25.6 Å². The summed E-state index contributed by atoms with van der Waals surface area (Å²) in [6.45, 7) is 2.95. The topological polar surface area (TPSA) is 113 Å². The van der Waals surface area contributed by atoms with Crippen LogP contribution in [-0.2, 0) is 14.9 Å². The lowest BCUT2D eigenvalue weighted by Crippen LogP contribution is -2.08. The highest BCUT2D eigenvalue weighted by Crippen LogP contribution is 2.27. The van der Waals surface area contributed by atoms with Gasteiger partial charge in [0.15, 0.2) is 0 Å². The van der Waals surface area contributed by atoms with Crippen LogP contribution < -0.4 is 14.5 Å².